The van der Waals surface area contributed by atoms with Gasteiger partial charge < -0.3 is 14.2 Å². The van der Waals surface area contributed by atoms with Gasteiger partial charge in [-0.05, 0) is 71.3 Å². The van der Waals surface area contributed by atoms with E-state index in [0.29, 0.717) is 42.1 Å². The summed E-state index contributed by atoms with van der Waals surface area (Å²) in [5, 5.41) is 4.58. The number of aromatic nitrogens is 2. The third-order valence-electron chi connectivity index (χ3n) is 8.06. The molecule has 1 aliphatic heterocycles. The molecule has 0 radical (unpaired) electrons. The lowest BCUT2D eigenvalue weighted by Crippen LogP contribution is -2.10. The van der Waals surface area contributed by atoms with Crippen molar-refractivity contribution in [3.63, 3.8) is 0 Å². The molecule has 0 saturated carbocycles. The number of esters is 1. The molecule has 2 aliphatic rings. The Kier molecular flexibility index (Phi) is 7.20. The van der Waals surface area contributed by atoms with Crippen LogP contribution < -0.4 is 9.47 Å². The van der Waals surface area contributed by atoms with Gasteiger partial charge in [-0.2, -0.15) is 18.3 Å². The predicted molar refractivity (Wildman–Crippen MR) is 151 cm³/mol. The van der Waals surface area contributed by atoms with Crippen LogP contribution in [0.25, 0.3) is 16.8 Å². The van der Waals surface area contributed by atoms with Gasteiger partial charge in [0.25, 0.3) is 0 Å². The van der Waals surface area contributed by atoms with Crippen LogP contribution >= 0.6 is 0 Å². The summed E-state index contributed by atoms with van der Waals surface area (Å²) < 4.78 is 61.4. The summed E-state index contributed by atoms with van der Waals surface area (Å²) in [4.78, 5) is 11.7. The maximum Gasteiger partial charge on any atom is 0.417 e. The van der Waals surface area contributed by atoms with E-state index in [2.05, 4.69) is 18.9 Å². The van der Waals surface area contributed by atoms with Crippen molar-refractivity contribution in [2.24, 2.45) is 0 Å². The zero-order chi connectivity index (χ0) is 29.6. The van der Waals surface area contributed by atoms with E-state index in [1.807, 2.05) is 24.4 Å². The number of fused-ring (bicyclic) bond motifs is 2. The van der Waals surface area contributed by atoms with E-state index in [1.54, 1.807) is 41.1 Å². The van der Waals surface area contributed by atoms with Crippen molar-refractivity contribution < 1.29 is 32.2 Å². The average Bonchev–Trinajstić information content (AvgIpc) is 3.71. The van der Waals surface area contributed by atoms with E-state index in [9.17, 15) is 18.0 Å². The Morgan fingerprint density at radius 3 is 2.52 bits per heavy atom. The molecule has 42 heavy (non-hydrogen) atoms. The van der Waals surface area contributed by atoms with Crippen molar-refractivity contribution >= 4 is 5.97 Å². The zero-order valence-corrected chi connectivity index (χ0v) is 23.6. The number of carbonyl (C=O) groups is 1. The van der Waals surface area contributed by atoms with Crippen molar-refractivity contribution in [3.8, 4) is 28.3 Å². The molecule has 2 atom stereocenters. The molecule has 6 nitrogen and oxygen atoms in total. The van der Waals surface area contributed by atoms with Crippen molar-refractivity contribution in [3.05, 3.63) is 94.8 Å². The first-order valence-electron chi connectivity index (χ1n) is 14.0. The smallest absolute Gasteiger partial charge is 0.417 e. The molecule has 218 valence electrons. The van der Waals surface area contributed by atoms with Crippen LogP contribution in [0.3, 0.4) is 0 Å². The highest BCUT2D eigenvalue weighted by Crippen LogP contribution is 2.47. The lowest BCUT2D eigenvalue weighted by molar-refractivity contribution is -0.141. The number of hydrogen-bond donors (Lipinski definition) is 0. The van der Waals surface area contributed by atoms with Crippen molar-refractivity contribution in [2.75, 3.05) is 13.7 Å². The minimum absolute atomic E-state index is 0.0889. The second-order valence-electron chi connectivity index (χ2n) is 11.1. The summed E-state index contributed by atoms with van der Waals surface area (Å²) in [5.74, 6) is 1.09. The van der Waals surface area contributed by atoms with Gasteiger partial charge in [0.2, 0.25) is 0 Å². The molecule has 0 saturated heterocycles. The molecule has 1 aliphatic carbocycles. The average molecular weight is 577 g/mol. The first-order valence-corrected chi connectivity index (χ1v) is 14.0. The second-order valence-corrected chi connectivity index (χ2v) is 11.1. The van der Waals surface area contributed by atoms with Gasteiger partial charge in [0.15, 0.2) is 0 Å². The lowest BCUT2D eigenvalue weighted by Gasteiger charge is -2.20. The number of alkyl halides is 3. The molecule has 0 N–H and O–H groups in total. The number of carbonyl (C=O) groups excluding carboxylic acids is 1. The van der Waals surface area contributed by atoms with Crippen LogP contribution in [0.4, 0.5) is 13.2 Å². The van der Waals surface area contributed by atoms with Crippen LogP contribution in [0.5, 0.6) is 11.5 Å². The van der Waals surface area contributed by atoms with Crippen molar-refractivity contribution in [1.82, 2.24) is 9.78 Å². The molecule has 1 aromatic heterocycles. The number of hydrogen-bond acceptors (Lipinski definition) is 5. The number of halogens is 3. The minimum Gasteiger partial charge on any atom is -0.492 e. The molecule has 0 unspecified atom stereocenters. The molecule has 2 heterocycles. The van der Waals surface area contributed by atoms with Crippen LogP contribution in [-0.2, 0) is 22.1 Å². The molecule has 0 bridgehead atoms. The fraction of sp³-hybridized carbons (Fsp3) is 0.333. The Morgan fingerprint density at radius 1 is 1.07 bits per heavy atom. The van der Waals surface area contributed by atoms with Gasteiger partial charge in [-0.1, -0.05) is 38.1 Å². The highest BCUT2D eigenvalue weighted by atomic mass is 19.4. The summed E-state index contributed by atoms with van der Waals surface area (Å²) in [6.45, 7) is 4.49. The third-order valence-corrected chi connectivity index (χ3v) is 8.06. The van der Waals surface area contributed by atoms with E-state index < -0.39 is 17.8 Å². The maximum atomic E-state index is 14.2. The van der Waals surface area contributed by atoms with E-state index in [4.69, 9.17) is 14.2 Å². The molecule has 4 aromatic rings. The topological polar surface area (TPSA) is 62.6 Å². The highest BCUT2D eigenvalue weighted by molar-refractivity contribution is 5.75. The van der Waals surface area contributed by atoms with Gasteiger partial charge in [0.1, 0.15) is 17.6 Å². The molecule has 0 fully saturated rings. The van der Waals surface area contributed by atoms with E-state index in [1.165, 1.54) is 7.11 Å². The summed E-state index contributed by atoms with van der Waals surface area (Å²) >= 11 is 0. The Balaban J connectivity index is 1.29. The van der Waals surface area contributed by atoms with Crippen molar-refractivity contribution in [1.29, 1.82) is 0 Å². The standard InChI is InChI=1S/C33H31F3N2O4/c1-19(2)28-14-15-38(37-28)22-6-4-20(5-7-22)32-26-11-13-29(25(26)10-12-27(32)33(34,35)36)42-23-8-9-24-21(16-31(39)40-3)18-41-30(24)17-23/h4-10,12,14-15,17,19,21,29H,11,13,16,18H2,1-3H3/t21-,29-/m1/s1. The quantitative estimate of drug-likeness (QED) is 0.210. The zero-order valence-electron chi connectivity index (χ0n) is 23.6. The molecule has 6 rings (SSSR count). The number of rotatable bonds is 7. The number of nitrogens with zero attached hydrogens (tertiary/aromatic N) is 2. The van der Waals surface area contributed by atoms with E-state index in [0.717, 1.165) is 28.6 Å². The second kappa shape index (κ2) is 10.9. The van der Waals surface area contributed by atoms with Gasteiger partial charge in [-0.15, -0.1) is 0 Å². The first kappa shape index (κ1) is 27.9. The van der Waals surface area contributed by atoms with Gasteiger partial charge in [0, 0.05) is 23.7 Å². The molecular weight excluding hydrogens is 545 g/mol. The lowest BCUT2D eigenvalue weighted by atomic mass is 9.91. The van der Waals surface area contributed by atoms with Crippen LogP contribution in [0, 0.1) is 0 Å². The van der Waals surface area contributed by atoms with Gasteiger partial charge in [-0.3, -0.25) is 4.79 Å². The van der Waals surface area contributed by atoms with Crippen LogP contribution in [0.1, 0.15) is 72.6 Å². The monoisotopic (exact) mass is 576 g/mol. The van der Waals surface area contributed by atoms with Crippen LogP contribution in [0.2, 0.25) is 0 Å². The Bertz CT molecular complexity index is 1630. The normalized spacial score (nSPS) is 17.6. The SMILES string of the molecule is COC(=O)C[C@@H]1COc2cc(O[C@@H]3CCc4c3ccc(C(F)(F)F)c4-c3ccc(-n4ccc(C(C)C)n4)cc3)ccc21. The van der Waals surface area contributed by atoms with Crippen LogP contribution in [0.15, 0.2) is 66.9 Å². The number of benzene rings is 3. The molecule has 0 spiro atoms. The summed E-state index contributed by atoms with van der Waals surface area (Å²) in [6, 6.07) is 17.2. The number of methoxy groups -OCH3 is 1. The fourth-order valence-electron chi connectivity index (χ4n) is 5.87. The Morgan fingerprint density at radius 2 is 1.83 bits per heavy atom. The van der Waals surface area contributed by atoms with Gasteiger partial charge in [0.05, 0.1) is 37.1 Å². The largest absolute Gasteiger partial charge is 0.492 e. The molecule has 9 heteroatoms. The minimum atomic E-state index is -4.51. The Hall–Kier alpha value is -4.27. The summed E-state index contributed by atoms with van der Waals surface area (Å²) in [7, 11) is 1.36. The van der Waals surface area contributed by atoms with Gasteiger partial charge >= 0.3 is 12.1 Å². The number of ether oxygens (including phenoxy) is 3. The van der Waals surface area contributed by atoms with Gasteiger partial charge in [-0.25, -0.2) is 4.68 Å². The molecule has 0 amide bonds. The van der Waals surface area contributed by atoms with E-state index in [-0.39, 0.29) is 29.8 Å². The fourth-order valence-corrected chi connectivity index (χ4v) is 5.87. The molecule has 3 aromatic carbocycles. The predicted octanol–water partition coefficient (Wildman–Crippen LogP) is 7.79. The van der Waals surface area contributed by atoms with E-state index >= 15 is 0 Å². The van der Waals surface area contributed by atoms with Crippen molar-refractivity contribution in [2.45, 2.75) is 57.2 Å². The summed E-state index contributed by atoms with van der Waals surface area (Å²) in [6.07, 6.45) is -1.81. The maximum absolute atomic E-state index is 14.2. The van der Waals surface area contributed by atoms with Crippen LogP contribution in [-0.4, -0.2) is 29.5 Å². The summed E-state index contributed by atoms with van der Waals surface area (Å²) in [5.41, 5.74) is 4.09. The first-order chi connectivity index (χ1) is 20.1. The highest BCUT2D eigenvalue weighted by Gasteiger charge is 2.38. The molecular formula is C33H31F3N2O4. The third kappa shape index (κ3) is 5.24. The Labute approximate surface area is 242 Å².